The van der Waals surface area contributed by atoms with Gasteiger partial charge in [0.15, 0.2) is 0 Å². The van der Waals surface area contributed by atoms with E-state index in [4.69, 9.17) is 0 Å². The minimum absolute atomic E-state index is 0. The number of benzene rings is 5. The molecule has 0 spiro atoms. The van der Waals surface area contributed by atoms with Gasteiger partial charge in [-0.05, 0) is 41.8 Å². The molecule has 0 fully saturated rings. The molecule has 0 heterocycles. The molecule has 0 saturated carbocycles. The van der Waals surface area contributed by atoms with Gasteiger partial charge >= 0.3 is 29.6 Å². The Morgan fingerprint density at radius 1 is 0.647 bits per heavy atom. The van der Waals surface area contributed by atoms with Gasteiger partial charge in [-0.2, -0.15) is 0 Å². The predicted molar refractivity (Wildman–Crippen MR) is 130 cm³/mol. The van der Waals surface area contributed by atoms with Crippen molar-refractivity contribution in [3.05, 3.63) is 103 Å². The molecule has 8 heteroatoms. The van der Waals surface area contributed by atoms with Crippen LogP contribution in [0.25, 0.3) is 21.5 Å². The molecule has 5 rings (SSSR count). The third kappa shape index (κ3) is 4.89. The fourth-order valence-corrected chi connectivity index (χ4v) is 4.55. The predicted octanol–water partition coefficient (Wildman–Crippen LogP) is 4.06. The number of fused-ring (bicyclic) bond motifs is 2. The fraction of sp³-hybridized carbons (Fsp3) is 0. The first-order valence-electron chi connectivity index (χ1n) is 10.2. The summed E-state index contributed by atoms with van der Waals surface area (Å²) in [5.41, 5.74) is 2.42. The van der Waals surface area contributed by atoms with Crippen LogP contribution in [0.3, 0.4) is 0 Å². The average molecular weight is 476 g/mol. The molecule has 162 valence electrons. The van der Waals surface area contributed by atoms with Crippen LogP contribution in [-0.2, 0) is 10.1 Å². The van der Waals surface area contributed by atoms with Gasteiger partial charge in [0.05, 0.1) is 16.3 Å². The van der Waals surface area contributed by atoms with E-state index < -0.39 is 10.1 Å². The summed E-state index contributed by atoms with van der Waals surface area (Å²) in [6.45, 7) is 0. The van der Waals surface area contributed by atoms with Crippen molar-refractivity contribution in [2.75, 3.05) is 5.32 Å². The Bertz CT molecular complexity index is 1620. The Morgan fingerprint density at radius 2 is 1.26 bits per heavy atom. The average Bonchev–Trinajstić information content (AvgIpc) is 2.83. The van der Waals surface area contributed by atoms with Crippen LogP contribution < -0.4 is 34.9 Å². The van der Waals surface area contributed by atoms with E-state index in [0.29, 0.717) is 22.4 Å². The van der Waals surface area contributed by atoms with Gasteiger partial charge in [0.1, 0.15) is 10.1 Å². The maximum atomic E-state index is 12.1. The molecule has 0 amide bonds. The summed E-state index contributed by atoms with van der Waals surface area (Å²) in [6.07, 6.45) is 0. The van der Waals surface area contributed by atoms with Crippen molar-refractivity contribution in [3.63, 3.8) is 0 Å². The van der Waals surface area contributed by atoms with Crippen LogP contribution in [-0.4, -0.2) is 13.0 Å². The monoisotopic (exact) mass is 475 g/mol. The molecule has 6 nitrogen and oxygen atoms in total. The molecule has 0 unspecified atom stereocenters. The smallest absolute Gasteiger partial charge is 0.744 e. The molecule has 5 aromatic carbocycles. The number of azo groups is 1. The van der Waals surface area contributed by atoms with Crippen molar-refractivity contribution in [3.8, 4) is 0 Å². The molecule has 0 radical (unpaired) electrons. The number of nitrogens with zero attached hydrogens (tertiary/aromatic N) is 2. The summed E-state index contributed by atoms with van der Waals surface area (Å²) >= 11 is 0. The second-order valence-electron chi connectivity index (χ2n) is 7.45. The first-order valence-corrected chi connectivity index (χ1v) is 11.6. The van der Waals surface area contributed by atoms with Crippen molar-refractivity contribution in [2.45, 2.75) is 4.90 Å². The number of rotatable bonds is 5. The van der Waals surface area contributed by atoms with Gasteiger partial charge in [-0.15, -0.1) is 10.2 Å². The van der Waals surface area contributed by atoms with Gasteiger partial charge in [-0.3, -0.25) is 0 Å². The molecule has 0 atom stereocenters. The summed E-state index contributed by atoms with van der Waals surface area (Å²) in [7, 11) is -4.72. The second kappa shape index (κ2) is 10.0. The Labute approximate surface area is 219 Å². The first-order chi connectivity index (χ1) is 16.0. The minimum Gasteiger partial charge on any atom is -0.744 e. The third-order valence-electron chi connectivity index (χ3n) is 5.33. The van der Waals surface area contributed by atoms with Gasteiger partial charge < -0.3 is 9.87 Å². The van der Waals surface area contributed by atoms with E-state index in [2.05, 4.69) is 15.5 Å². The summed E-state index contributed by atoms with van der Waals surface area (Å²) in [4.78, 5) is -0.305. The number of hydrogen-bond donors (Lipinski definition) is 1. The normalized spacial score (nSPS) is 11.6. The molecule has 34 heavy (non-hydrogen) atoms. The van der Waals surface area contributed by atoms with Crippen LogP contribution in [0.5, 0.6) is 0 Å². The zero-order chi connectivity index (χ0) is 22.8. The van der Waals surface area contributed by atoms with E-state index in [9.17, 15) is 13.0 Å². The number of anilines is 2. The molecule has 5 aromatic rings. The molecular weight excluding hydrogens is 457 g/mol. The van der Waals surface area contributed by atoms with Gasteiger partial charge in [-0.1, -0.05) is 66.7 Å². The van der Waals surface area contributed by atoms with Gasteiger partial charge in [0, 0.05) is 27.5 Å². The third-order valence-corrected chi connectivity index (χ3v) is 6.21. The SMILES string of the molecule is O=S(=O)([O-])c1cccc2c(N=Nc3cccc4ccccc34)ccc(Nc3ccccc3)c12.[Na+]. The Kier molecular flexibility index (Phi) is 7.11. The van der Waals surface area contributed by atoms with Crippen LogP contribution in [0.2, 0.25) is 0 Å². The molecule has 1 N–H and O–H groups in total. The minimum atomic E-state index is -4.72. The first kappa shape index (κ1) is 24.1. The Hall–Kier alpha value is -3.07. The van der Waals surface area contributed by atoms with E-state index in [1.54, 1.807) is 18.2 Å². The van der Waals surface area contributed by atoms with Gasteiger partial charge in [0.2, 0.25) is 0 Å². The summed E-state index contributed by atoms with van der Waals surface area (Å²) in [5, 5.41) is 14.9. The molecule has 0 aliphatic heterocycles. The molecule has 0 aromatic heterocycles. The van der Waals surface area contributed by atoms with E-state index in [1.807, 2.05) is 72.8 Å². The largest absolute Gasteiger partial charge is 1.00 e. The maximum absolute atomic E-state index is 12.1. The summed E-state index contributed by atoms with van der Waals surface area (Å²) in [5.74, 6) is 0. The van der Waals surface area contributed by atoms with Crippen LogP contribution in [0, 0.1) is 0 Å². The van der Waals surface area contributed by atoms with Crippen LogP contribution >= 0.6 is 0 Å². The second-order valence-corrected chi connectivity index (χ2v) is 8.80. The Balaban J connectivity index is 0.00000274. The zero-order valence-corrected chi connectivity index (χ0v) is 21.2. The molecular formula is C26H18N3NaO3S. The van der Waals surface area contributed by atoms with Crippen LogP contribution in [0.4, 0.5) is 22.7 Å². The maximum Gasteiger partial charge on any atom is 1.00 e. The van der Waals surface area contributed by atoms with E-state index in [0.717, 1.165) is 16.5 Å². The van der Waals surface area contributed by atoms with Crippen molar-refractivity contribution >= 4 is 54.4 Å². The summed E-state index contributed by atoms with van der Waals surface area (Å²) < 4.78 is 36.2. The van der Waals surface area contributed by atoms with Crippen LogP contribution in [0.15, 0.2) is 118 Å². The van der Waals surface area contributed by atoms with Crippen LogP contribution in [0.1, 0.15) is 0 Å². The molecule has 0 saturated heterocycles. The molecule has 0 bridgehead atoms. The van der Waals surface area contributed by atoms with Crippen molar-refractivity contribution in [1.82, 2.24) is 0 Å². The Morgan fingerprint density at radius 3 is 2.03 bits per heavy atom. The quantitative estimate of drug-likeness (QED) is 0.236. The van der Waals surface area contributed by atoms with Gasteiger partial charge in [-0.25, -0.2) is 8.42 Å². The molecule has 0 aliphatic carbocycles. The molecule has 0 aliphatic rings. The fourth-order valence-electron chi connectivity index (χ4n) is 3.84. The van der Waals surface area contributed by atoms with E-state index >= 15 is 0 Å². The van der Waals surface area contributed by atoms with Gasteiger partial charge in [0.25, 0.3) is 0 Å². The zero-order valence-electron chi connectivity index (χ0n) is 18.3. The topological polar surface area (TPSA) is 94.0 Å². The summed E-state index contributed by atoms with van der Waals surface area (Å²) in [6, 6.07) is 31.0. The van der Waals surface area contributed by atoms with E-state index in [1.165, 1.54) is 12.1 Å². The van der Waals surface area contributed by atoms with Crippen molar-refractivity contribution in [2.24, 2.45) is 10.2 Å². The van der Waals surface area contributed by atoms with E-state index in [-0.39, 0.29) is 39.8 Å². The van der Waals surface area contributed by atoms with Crippen molar-refractivity contribution in [1.29, 1.82) is 0 Å². The van der Waals surface area contributed by atoms with Crippen molar-refractivity contribution < 1.29 is 42.5 Å². The number of hydrogen-bond acceptors (Lipinski definition) is 6. The number of para-hydroxylation sites is 1. The standard InChI is InChI=1S/C26H19N3O3S.Na/c30-33(31,32)25-15-7-13-21-23(16-17-24(26(21)25)27-19-10-2-1-3-11-19)29-28-22-14-6-9-18-8-4-5-12-20(18)22;/h1-17,27H,(H,30,31,32);/q;+1/p-1. The number of nitrogens with one attached hydrogen (secondary N) is 1.